The Balaban J connectivity index is 1.06. The van der Waals surface area contributed by atoms with Gasteiger partial charge < -0.3 is 9.80 Å². The molecule has 0 aromatic heterocycles. The van der Waals surface area contributed by atoms with Gasteiger partial charge in [0.05, 0.1) is 0 Å². The highest BCUT2D eigenvalue weighted by Gasteiger charge is 2.24. The van der Waals surface area contributed by atoms with Gasteiger partial charge in [-0.3, -0.25) is 0 Å². The first-order valence-corrected chi connectivity index (χ1v) is 23.7. The first-order chi connectivity index (χ1) is 32.7. The summed E-state index contributed by atoms with van der Waals surface area (Å²) in [5, 5.41) is 10.1. The van der Waals surface area contributed by atoms with Crippen molar-refractivity contribution in [1.29, 1.82) is 0 Å². The second-order valence-corrected chi connectivity index (χ2v) is 18.2. The Morgan fingerprint density at radius 3 is 1.15 bits per heavy atom. The number of para-hydroxylation sites is 2. The molecule has 2 heterocycles. The fraction of sp³-hybridized carbons (Fsp3) is 0.0938. The van der Waals surface area contributed by atoms with E-state index in [-0.39, 0.29) is 0 Å². The van der Waals surface area contributed by atoms with E-state index in [1.54, 1.807) is 0 Å². The van der Waals surface area contributed by atoms with Crippen LogP contribution in [0, 0.1) is 0 Å². The lowest BCUT2D eigenvalue weighted by molar-refractivity contribution is 0.767. The standard InChI is InChI=1S/C64H48N2/c1-5-21-53-43(13-1)17-9-23-55(53)45-27-31-49(32-28-45)63-57-37-35-52(66-40-12-20-48-16-4-8-26-62(48)66)42-60(57)64(50-33-29-46(30-34-50)56-24-10-18-44-14-2-6-22-54(44)56)58-38-36-51(41-59(58)63)65-39-11-19-47-15-3-7-25-61(47)65/h1-10,13-18,21-38,41-42H,11-12,19-20,39-40H2. The fourth-order valence-electron chi connectivity index (χ4n) is 11.4. The van der Waals surface area contributed by atoms with Crippen molar-refractivity contribution < 1.29 is 0 Å². The van der Waals surface area contributed by atoms with Gasteiger partial charge in [-0.1, -0.05) is 182 Å². The maximum atomic E-state index is 2.55. The van der Waals surface area contributed by atoms with E-state index in [4.69, 9.17) is 0 Å². The zero-order chi connectivity index (χ0) is 43.6. The number of rotatable bonds is 6. The molecule has 66 heavy (non-hydrogen) atoms. The van der Waals surface area contributed by atoms with Crippen LogP contribution in [-0.4, -0.2) is 13.1 Å². The Bertz CT molecular complexity index is 3400. The number of anilines is 4. The van der Waals surface area contributed by atoms with Gasteiger partial charge in [-0.15, -0.1) is 0 Å². The van der Waals surface area contributed by atoms with Crippen LogP contribution in [0.2, 0.25) is 0 Å². The average Bonchev–Trinajstić information content (AvgIpc) is 3.39. The zero-order valence-electron chi connectivity index (χ0n) is 36.9. The highest BCUT2D eigenvalue weighted by molar-refractivity contribution is 6.22. The van der Waals surface area contributed by atoms with Gasteiger partial charge in [-0.05, 0) is 161 Å². The zero-order valence-corrected chi connectivity index (χ0v) is 36.9. The lowest BCUT2D eigenvalue weighted by Crippen LogP contribution is -2.24. The van der Waals surface area contributed by atoms with E-state index < -0.39 is 0 Å². The molecule has 0 bridgehead atoms. The molecule has 0 unspecified atom stereocenters. The molecule has 13 rings (SSSR count). The number of nitrogens with zero attached hydrogens (tertiary/aromatic N) is 2. The third-order valence-electron chi connectivity index (χ3n) is 14.5. The van der Waals surface area contributed by atoms with E-state index in [1.807, 2.05) is 0 Å². The van der Waals surface area contributed by atoms with Gasteiger partial charge in [-0.2, -0.15) is 0 Å². The first kappa shape index (κ1) is 38.5. The minimum Gasteiger partial charge on any atom is -0.341 e. The Kier molecular flexibility index (Phi) is 9.30. The van der Waals surface area contributed by atoms with Crippen LogP contribution in [0.15, 0.2) is 218 Å². The fourth-order valence-corrected chi connectivity index (χ4v) is 11.4. The van der Waals surface area contributed by atoms with Gasteiger partial charge in [-0.25, -0.2) is 0 Å². The summed E-state index contributed by atoms with van der Waals surface area (Å²) in [4.78, 5) is 5.09. The Morgan fingerprint density at radius 2 is 0.682 bits per heavy atom. The number of benzene rings is 11. The summed E-state index contributed by atoms with van der Waals surface area (Å²) in [6, 6.07) is 82.0. The summed E-state index contributed by atoms with van der Waals surface area (Å²) in [5.74, 6) is 0. The topological polar surface area (TPSA) is 6.48 Å². The molecule has 2 nitrogen and oxygen atoms in total. The SMILES string of the molecule is c1ccc2c(c1)CCCN2c1ccc2c(-c3ccc(-c4cccc5ccccc45)cc3)c3cc(N4CCCc5ccccc54)ccc3c(-c3ccc(-c4cccc5ccccc45)cc3)c2c1. The normalized spacial score (nSPS) is 13.6. The first-order valence-electron chi connectivity index (χ1n) is 23.7. The van der Waals surface area contributed by atoms with Crippen molar-refractivity contribution in [3.05, 3.63) is 230 Å². The Morgan fingerprint density at radius 1 is 0.288 bits per heavy atom. The molecule has 0 saturated heterocycles. The molecule has 0 N–H and O–H groups in total. The van der Waals surface area contributed by atoms with Crippen molar-refractivity contribution in [2.45, 2.75) is 25.7 Å². The summed E-state index contributed by atoms with van der Waals surface area (Å²) in [6.45, 7) is 1.99. The van der Waals surface area contributed by atoms with E-state index in [1.165, 1.54) is 121 Å². The highest BCUT2D eigenvalue weighted by Crippen LogP contribution is 2.48. The number of fused-ring (bicyclic) bond motifs is 6. The summed E-state index contributed by atoms with van der Waals surface area (Å²) in [5.41, 5.74) is 17.9. The third kappa shape index (κ3) is 6.47. The van der Waals surface area contributed by atoms with Crippen LogP contribution >= 0.6 is 0 Å². The van der Waals surface area contributed by atoms with Crippen LogP contribution in [-0.2, 0) is 12.8 Å². The quantitative estimate of drug-likeness (QED) is 0.154. The number of hydrogen-bond donors (Lipinski definition) is 0. The molecule has 0 amide bonds. The molecule has 11 aromatic carbocycles. The van der Waals surface area contributed by atoms with Crippen molar-refractivity contribution in [3.8, 4) is 44.5 Å². The van der Waals surface area contributed by atoms with Gasteiger partial charge in [0.1, 0.15) is 0 Å². The average molecular weight is 845 g/mol. The Hall–Kier alpha value is -7.94. The molecule has 0 aliphatic carbocycles. The molecule has 2 aliphatic rings. The smallest absolute Gasteiger partial charge is 0.0443 e. The van der Waals surface area contributed by atoms with Crippen molar-refractivity contribution in [2.24, 2.45) is 0 Å². The van der Waals surface area contributed by atoms with Crippen molar-refractivity contribution in [3.63, 3.8) is 0 Å². The Labute approximate surface area is 386 Å². The van der Waals surface area contributed by atoms with E-state index >= 15 is 0 Å². The molecule has 0 spiro atoms. The van der Waals surface area contributed by atoms with Crippen molar-refractivity contribution in [1.82, 2.24) is 0 Å². The number of hydrogen-bond acceptors (Lipinski definition) is 2. The van der Waals surface area contributed by atoms with Gasteiger partial charge in [0, 0.05) is 35.8 Å². The molecule has 0 atom stereocenters. The molecular weight excluding hydrogens is 797 g/mol. The van der Waals surface area contributed by atoms with E-state index in [2.05, 4.69) is 228 Å². The van der Waals surface area contributed by atoms with Gasteiger partial charge in [0.2, 0.25) is 0 Å². The minimum absolute atomic E-state index is 0.994. The summed E-state index contributed by atoms with van der Waals surface area (Å²) in [6.07, 6.45) is 4.49. The van der Waals surface area contributed by atoms with Crippen LogP contribution in [0.1, 0.15) is 24.0 Å². The van der Waals surface area contributed by atoms with Crippen LogP contribution < -0.4 is 9.80 Å². The molecular formula is C64H48N2. The molecule has 0 radical (unpaired) electrons. The van der Waals surface area contributed by atoms with Gasteiger partial charge in [0.25, 0.3) is 0 Å². The van der Waals surface area contributed by atoms with Crippen LogP contribution in [0.25, 0.3) is 87.6 Å². The molecule has 314 valence electrons. The highest BCUT2D eigenvalue weighted by atomic mass is 15.1. The van der Waals surface area contributed by atoms with E-state index in [9.17, 15) is 0 Å². The van der Waals surface area contributed by atoms with Crippen LogP contribution in [0.4, 0.5) is 22.7 Å². The second-order valence-electron chi connectivity index (χ2n) is 18.2. The van der Waals surface area contributed by atoms with Crippen LogP contribution in [0.3, 0.4) is 0 Å². The molecule has 0 fully saturated rings. The largest absolute Gasteiger partial charge is 0.341 e. The number of aryl methyl sites for hydroxylation is 2. The second kappa shape index (κ2) is 15.9. The van der Waals surface area contributed by atoms with Crippen molar-refractivity contribution in [2.75, 3.05) is 22.9 Å². The van der Waals surface area contributed by atoms with Gasteiger partial charge >= 0.3 is 0 Å². The monoisotopic (exact) mass is 844 g/mol. The summed E-state index contributed by atoms with van der Waals surface area (Å²) < 4.78 is 0. The molecule has 11 aromatic rings. The predicted molar refractivity (Wildman–Crippen MR) is 282 cm³/mol. The molecule has 2 heteroatoms. The molecule has 2 aliphatic heterocycles. The predicted octanol–water partition coefficient (Wildman–Crippen LogP) is 17.1. The summed E-state index contributed by atoms with van der Waals surface area (Å²) >= 11 is 0. The lowest BCUT2D eigenvalue weighted by Gasteiger charge is -2.32. The van der Waals surface area contributed by atoms with Gasteiger partial charge in [0.15, 0.2) is 0 Å². The van der Waals surface area contributed by atoms with Crippen LogP contribution in [0.5, 0.6) is 0 Å². The minimum atomic E-state index is 0.994. The maximum Gasteiger partial charge on any atom is 0.0443 e. The third-order valence-corrected chi connectivity index (χ3v) is 14.5. The van der Waals surface area contributed by atoms with Crippen molar-refractivity contribution >= 4 is 65.8 Å². The molecule has 0 saturated carbocycles. The maximum absolute atomic E-state index is 2.55. The van der Waals surface area contributed by atoms with E-state index in [0.717, 1.165) is 38.8 Å². The summed E-state index contributed by atoms with van der Waals surface area (Å²) in [7, 11) is 0. The lowest BCUT2D eigenvalue weighted by atomic mass is 9.84. The van der Waals surface area contributed by atoms with E-state index in [0.29, 0.717) is 0 Å².